The maximum atomic E-state index is 11.7. The van der Waals surface area contributed by atoms with Gasteiger partial charge in [0.05, 0.1) is 0 Å². The predicted octanol–water partition coefficient (Wildman–Crippen LogP) is 1.08. The Morgan fingerprint density at radius 3 is 2.88 bits per heavy atom. The summed E-state index contributed by atoms with van der Waals surface area (Å²) in [7, 11) is 1.58. The van der Waals surface area contributed by atoms with Crippen LogP contribution in [-0.2, 0) is 4.79 Å². The Hall–Kier alpha value is -1.49. The van der Waals surface area contributed by atoms with E-state index in [-0.39, 0.29) is 17.1 Å². The number of nitrogens with one attached hydrogen (secondary N) is 1. The number of thiol groups is 1. The van der Waals surface area contributed by atoms with Crippen molar-refractivity contribution < 1.29 is 9.59 Å². The Morgan fingerprint density at radius 1 is 1.53 bits per heavy atom. The fourth-order valence-corrected chi connectivity index (χ4v) is 2.22. The number of amides is 2. The van der Waals surface area contributed by atoms with Crippen LogP contribution in [0.5, 0.6) is 0 Å². The molecule has 1 saturated heterocycles. The summed E-state index contributed by atoms with van der Waals surface area (Å²) in [4.78, 5) is 24.9. The van der Waals surface area contributed by atoms with Crippen molar-refractivity contribution in [1.29, 1.82) is 0 Å². The van der Waals surface area contributed by atoms with Gasteiger partial charge in [0.25, 0.3) is 5.91 Å². The fraction of sp³-hybridized carbons (Fsp3) is 0.333. The SMILES string of the molecule is CNC(=O)c1cccc(N2CC(S)CC2=O)c1. The molecule has 2 rings (SSSR count). The Balaban J connectivity index is 2.27. The summed E-state index contributed by atoms with van der Waals surface area (Å²) < 4.78 is 0. The lowest BCUT2D eigenvalue weighted by Gasteiger charge is -2.16. The minimum Gasteiger partial charge on any atom is -0.355 e. The normalized spacial score (nSPS) is 19.5. The maximum absolute atomic E-state index is 11.7. The highest BCUT2D eigenvalue weighted by Crippen LogP contribution is 2.24. The first kappa shape index (κ1) is 12.0. The van der Waals surface area contributed by atoms with Gasteiger partial charge in [-0.2, -0.15) is 12.6 Å². The van der Waals surface area contributed by atoms with E-state index in [1.807, 2.05) is 6.07 Å². The Bertz CT molecular complexity index is 462. The quantitative estimate of drug-likeness (QED) is 0.772. The number of nitrogens with zero attached hydrogens (tertiary/aromatic N) is 1. The van der Waals surface area contributed by atoms with Crippen molar-refractivity contribution in [2.24, 2.45) is 0 Å². The van der Waals surface area contributed by atoms with Crippen molar-refractivity contribution in [2.75, 3.05) is 18.5 Å². The number of hydrogen-bond acceptors (Lipinski definition) is 3. The molecule has 0 bridgehead atoms. The van der Waals surface area contributed by atoms with E-state index in [0.717, 1.165) is 5.69 Å². The van der Waals surface area contributed by atoms with Gasteiger partial charge in [0.2, 0.25) is 5.91 Å². The molecule has 17 heavy (non-hydrogen) atoms. The number of anilines is 1. The Labute approximate surface area is 105 Å². The molecule has 1 aromatic rings. The van der Waals surface area contributed by atoms with Gasteiger partial charge in [-0.05, 0) is 18.2 Å². The monoisotopic (exact) mass is 250 g/mol. The molecule has 2 amide bonds. The van der Waals surface area contributed by atoms with Crippen molar-refractivity contribution in [3.8, 4) is 0 Å². The molecule has 0 aliphatic carbocycles. The second-order valence-electron chi connectivity index (χ2n) is 3.99. The van der Waals surface area contributed by atoms with E-state index in [4.69, 9.17) is 0 Å². The number of hydrogen-bond donors (Lipinski definition) is 2. The van der Waals surface area contributed by atoms with Crippen LogP contribution in [0.4, 0.5) is 5.69 Å². The first-order chi connectivity index (χ1) is 8.11. The minimum atomic E-state index is -0.152. The lowest BCUT2D eigenvalue weighted by molar-refractivity contribution is -0.117. The van der Waals surface area contributed by atoms with Crippen LogP contribution in [0.1, 0.15) is 16.8 Å². The van der Waals surface area contributed by atoms with E-state index < -0.39 is 0 Å². The second-order valence-corrected chi connectivity index (χ2v) is 4.72. The van der Waals surface area contributed by atoms with Gasteiger partial charge in [0, 0.05) is 36.5 Å². The largest absolute Gasteiger partial charge is 0.355 e. The molecular formula is C12H14N2O2S. The lowest BCUT2D eigenvalue weighted by atomic mass is 10.2. The van der Waals surface area contributed by atoms with Crippen LogP contribution in [0.25, 0.3) is 0 Å². The van der Waals surface area contributed by atoms with Crippen molar-refractivity contribution in [3.05, 3.63) is 29.8 Å². The first-order valence-electron chi connectivity index (χ1n) is 5.42. The highest BCUT2D eigenvalue weighted by molar-refractivity contribution is 7.81. The van der Waals surface area contributed by atoms with E-state index in [2.05, 4.69) is 17.9 Å². The molecule has 1 aromatic carbocycles. The van der Waals surface area contributed by atoms with Gasteiger partial charge in [-0.15, -0.1) is 0 Å². The van der Waals surface area contributed by atoms with Crippen LogP contribution < -0.4 is 10.2 Å². The van der Waals surface area contributed by atoms with Crippen molar-refractivity contribution in [2.45, 2.75) is 11.7 Å². The van der Waals surface area contributed by atoms with E-state index in [0.29, 0.717) is 18.5 Å². The van der Waals surface area contributed by atoms with Crippen molar-refractivity contribution in [3.63, 3.8) is 0 Å². The molecule has 0 spiro atoms. The summed E-state index contributed by atoms with van der Waals surface area (Å²) in [5.74, 6) is -0.0972. The van der Waals surface area contributed by atoms with E-state index in [1.54, 1.807) is 30.1 Å². The molecule has 1 N–H and O–H groups in total. The minimum absolute atomic E-state index is 0.0547. The Kier molecular flexibility index (Phi) is 3.38. The Morgan fingerprint density at radius 2 is 2.29 bits per heavy atom. The molecule has 90 valence electrons. The lowest BCUT2D eigenvalue weighted by Crippen LogP contribution is -2.25. The predicted molar refractivity (Wildman–Crippen MR) is 69.6 cm³/mol. The van der Waals surface area contributed by atoms with E-state index >= 15 is 0 Å². The highest BCUT2D eigenvalue weighted by Gasteiger charge is 2.28. The average Bonchev–Trinajstić information content (AvgIpc) is 2.67. The summed E-state index contributed by atoms with van der Waals surface area (Å²) >= 11 is 4.30. The molecule has 1 fully saturated rings. The maximum Gasteiger partial charge on any atom is 0.251 e. The summed E-state index contributed by atoms with van der Waals surface area (Å²) in [6.45, 7) is 0.596. The number of rotatable bonds is 2. The van der Waals surface area contributed by atoms with Crippen molar-refractivity contribution in [1.82, 2.24) is 5.32 Å². The molecule has 1 aliphatic heterocycles. The third-order valence-corrected chi connectivity index (χ3v) is 3.10. The molecular weight excluding hydrogens is 236 g/mol. The van der Waals surface area contributed by atoms with Crippen LogP contribution in [0, 0.1) is 0 Å². The molecule has 1 unspecified atom stereocenters. The standard InChI is InChI=1S/C12H14N2O2S/c1-13-12(16)8-3-2-4-9(5-8)14-7-10(17)6-11(14)15/h2-5,10,17H,6-7H2,1H3,(H,13,16). The molecule has 4 nitrogen and oxygen atoms in total. The zero-order chi connectivity index (χ0) is 12.4. The third kappa shape index (κ3) is 2.44. The topological polar surface area (TPSA) is 49.4 Å². The number of benzene rings is 1. The number of carbonyl (C=O) groups is 2. The van der Waals surface area contributed by atoms with Gasteiger partial charge in [-0.1, -0.05) is 6.07 Å². The average molecular weight is 250 g/mol. The van der Waals surface area contributed by atoms with Crippen LogP contribution in [0.3, 0.4) is 0 Å². The zero-order valence-corrected chi connectivity index (χ0v) is 10.4. The number of carbonyl (C=O) groups excluding carboxylic acids is 2. The van der Waals surface area contributed by atoms with Gasteiger partial charge in [0.15, 0.2) is 0 Å². The second kappa shape index (κ2) is 4.79. The smallest absolute Gasteiger partial charge is 0.251 e. The van der Waals surface area contributed by atoms with Gasteiger partial charge in [-0.25, -0.2) is 0 Å². The molecule has 0 aromatic heterocycles. The van der Waals surface area contributed by atoms with Crippen LogP contribution >= 0.6 is 12.6 Å². The molecule has 0 saturated carbocycles. The molecule has 0 radical (unpaired) electrons. The van der Waals surface area contributed by atoms with Crippen molar-refractivity contribution >= 4 is 30.1 Å². The van der Waals surface area contributed by atoms with Crippen LogP contribution in [-0.4, -0.2) is 30.7 Å². The third-order valence-electron chi connectivity index (χ3n) is 2.75. The summed E-state index contributed by atoms with van der Waals surface area (Å²) in [6.07, 6.45) is 0.452. The summed E-state index contributed by atoms with van der Waals surface area (Å²) in [5, 5.41) is 2.64. The van der Waals surface area contributed by atoms with E-state index in [9.17, 15) is 9.59 Å². The van der Waals surface area contributed by atoms with Gasteiger partial charge in [-0.3, -0.25) is 9.59 Å². The zero-order valence-electron chi connectivity index (χ0n) is 9.51. The van der Waals surface area contributed by atoms with Gasteiger partial charge in [0.1, 0.15) is 0 Å². The fourth-order valence-electron chi connectivity index (χ4n) is 1.90. The van der Waals surface area contributed by atoms with E-state index in [1.165, 1.54) is 0 Å². The summed E-state index contributed by atoms with van der Waals surface area (Å²) in [5.41, 5.74) is 1.31. The first-order valence-corrected chi connectivity index (χ1v) is 5.94. The van der Waals surface area contributed by atoms with Crippen LogP contribution in [0.15, 0.2) is 24.3 Å². The van der Waals surface area contributed by atoms with Gasteiger partial charge < -0.3 is 10.2 Å². The molecule has 1 heterocycles. The summed E-state index contributed by atoms with van der Waals surface area (Å²) in [6, 6.07) is 7.05. The highest BCUT2D eigenvalue weighted by atomic mass is 32.1. The molecule has 5 heteroatoms. The van der Waals surface area contributed by atoms with Crippen LogP contribution in [0.2, 0.25) is 0 Å². The molecule has 1 atom stereocenters. The molecule has 1 aliphatic rings. The van der Waals surface area contributed by atoms with Gasteiger partial charge >= 0.3 is 0 Å².